The smallest absolute Gasteiger partial charge is 0.0597 e. The van der Waals surface area contributed by atoms with Gasteiger partial charge in [0.05, 0.1) is 12.7 Å². The van der Waals surface area contributed by atoms with E-state index in [1.807, 2.05) is 0 Å². The minimum absolute atomic E-state index is 0.546. The van der Waals surface area contributed by atoms with Gasteiger partial charge in [-0.15, -0.1) is 0 Å². The van der Waals surface area contributed by atoms with Crippen LogP contribution in [0.1, 0.15) is 85.0 Å². The van der Waals surface area contributed by atoms with E-state index in [0.29, 0.717) is 11.5 Å². The van der Waals surface area contributed by atoms with Crippen molar-refractivity contribution in [2.45, 2.75) is 91.1 Å². The summed E-state index contributed by atoms with van der Waals surface area (Å²) in [6.07, 6.45) is 14.2. The number of nitrogens with zero attached hydrogens (tertiary/aromatic N) is 1. The van der Waals surface area contributed by atoms with Crippen molar-refractivity contribution in [3.8, 4) is 0 Å². The fourth-order valence-electron chi connectivity index (χ4n) is 4.99. The number of rotatable bonds is 8. The largest absolute Gasteiger partial charge is 0.377 e. The molecule has 0 amide bonds. The Hall–Kier alpha value is -0.0800. The van der Waals surface area contributed by atoms with Crippen molar-refractivity contribution < 1.29 is 4.74 Å². The second kappa shape index (κ2) is 9.27. The molecule has 0 atom stereocenters. The third kappa shape index (κ3) is 4.71. The predicted octanol–water partition coefficient (Wildman–Crippen LogP) is 5.26. The lowest BCUT2D eigenvalue weighted by Gasteiger charge is -2.43. The zero-order valence-corrected chi connectivity index (χ0v) is 15.4. The third-order valence-corrected chi connectivity index (χ3v) is 6.86. The van der Waals surface area contributed by atoms with E-state index in [0.717, 1.165) is 19.1 Å². The van der Waals surface area contributed by atoms with Crippen LogP contribution >= 0.6 is 0 Å². The molecular weight excluding hydrogens is 270 g/mol. The van der Waals surface area contributed by atoms with Gasteiger partial charge in [-0.25, -0.2) is 0 Å². The summed E-state index contributed by atoms with van der Waals surface area (Å²) in [6.45, 7) is 11.9. The lowest BCUT2D eigenvalue weighted by Crippen LogP contribution is -2.36. The molecular formula is C20H39NO. The van der Waals surface area contributed by atoms with Crippen molar-refractivity contribution >= 4 is 0 Å². The summed E-state index contributed by atoms with van der Waals surface area (Å²) in [4.78, 5) is 2.59. The normalized spacial score (nSPS) is 28.0. The molecule has 2 rings (SSSR count). The van der Waals surface area contributed by atoms with E-state index in [4.69, 9.17) is 4.74 Å². The molecule has 2 nitrogen and oxygen atoms in total. The lowest BCUT2D eigenvalue weighted by molar-refractivity contribution is -0.0163. The molecule has 2 heteroatoms. The van der Waals surface area contributed by atoms with E-state index in [1.165, 1.54) is 77.3 Å². The maximum absolute atomic E-state index is 6.21. The SMILES string of the molecule is CCC(CC)(CC)C1CCC(OCCN2CCCCC2)CC1. The zero-order valence-electron chi connectivity index (χ0n) is 15.4. The van der Waals surface area contributed by atoms with Gasteiger partial charge in [0.25, 0.3) is 0 Å². The third-order valence-electron chi connectivity index (χ3n) is 6.86. The number of hydrogen-bond donors (Lipinski definition) is 0. The summed E-state index contributed by atoms with van der Waals surface area (Å²) >= 11 is 0. The maximum atomic E-state index is 6.21. The quantitative estimate of drug-likeness (QED) is 0.606. The highest BCUT2D eigenvalue weighted by molar-refractivity contribution is 4.87. The van der Waals surface area contributed by atoms with Crippen LogP contribution in [0.15, 0.2) is 0 Å². The van der Waals surface area contributed by atoms with Crippen LogP contribution in [0.2, 0.25) is 0 Å². The van der Waals surface area contributed by atoms with Gasteiger partial charge in [-0.3, -0.25) is 0 Å². The van der Waals surface area contributed by atoms with Crippen molar-refractivity contribution in [2.75, 3.05) is 26.2 Å². The molecule has 2 aliphatic rings. The van der Waals surface area contributed by atoms with E-state index in [2.05, 4.69) is 25.7 Å². The van der Waals surface area contributed by atoms with Crippen molar-refractivity contribution in [2.24, 2.45) is 11.3 Å². The molecule has 0 N–H and O–H groups in total. The summed E-state index contributed by atoms with van der Waals surface area (Å²) < 4.78 is 6.21. The Labute approximate surface area is 139 Å². The predicted molar refractivity (Wildman–Crippen MR) is 95.3 cm³/mol. The molecule has 0 aromatic carbocycles. The fraction of sp³-hybridized carbons (Fsp3) is 1.00. The van der Waals surface area contributed by atoms with Crippen molar-refractivity contribution in [3.05, 3.63) is 0 Å². The van der Waals surface area contributed by atoms with Crippen LogP contribution in [0, 0.1) is 11.3 Å². The first-order chi connectivity index (χ1) is 10.7. The van der Waals surface area contributed by atoms with E-state index in [-0.39, 0.29) is 0 Å². The number of ether oxygens (including phenoxy) is 1. The average Bonchev–Trinajstić information content (AvgIpc) is 2.59. The summed E-state index contributed by atoms with van der Waals surface area (Å²) in [5.74, 6) is 0.939. The molecule has 1 saturated carbocycles. The van der Waals surface area contributed by atoms with Gasteiger partial charge < -0.3 is 9.64 Å². The van der Waals surface area contributed by atoms with Gasteiger partial charge in [-0.2, -0.15) is 0 Å². The van der Waals surface area contributed by atoms with E-state index < -0.39 is 0 Å². The molecule has 1 aliphatic carbocycles. The molecule has 130 valence electrons. The monoisotopic (exact) mass is 309 g/mol. The summed E-state index contributed by atoms with van der Waals surface area (Å²) in [5, 5.41) is 0. The number of likely N-dealkylation sites (tertiary alicyclic amines) is 1. The van der Waals surface area contributed by atoms with Gasteiger partial charge in [0.1, 0.15) is 0 Å². The molecule has 0 aromatic rings. The van der Waals surface area contributed by atoms with Crippen molar-refractivity contribution in [3.63, 3.8) is 0 Å². The highest BCUT2D eigenvalue weighted by Crippen LogP contribution is 2.46. The van der Waals surface area contributed by atoms with Crippen LogP contribution in [0.3, 0.4) is 0 Å². The Kier molecular flexibility index (Phi) is 7.70. The molecule has 0 unspecified atom stereocenters. The van der Waals surface area contributed by atoms with Crippen LogP contribution < -0.4 is 0 Å². The fourth-order valence-corrected chi connectivity index (χ4v) is 4.99. The van der Waals surface area contributed by atoms with Gasteiger partial charge in [-0.1, -0.05) is 46.5 Å². The van der Waals surface area contributed by atoms with Gasteiger partial charge in [0.2, 0.25) is 0 Å². The number of hydrogen-bond acceptors (Lipinski definition) is 2. The first-order valence-electron chi connectivity index (χ1n) is 10.1. The lowest BCUT2D eigenvalue weighted by atomic mass is 9.64. The van der Waals surface area contributed by atoms with Gasteiger partial charge in [0.15, 0.2) is 0 Å². The van der Waals surface area contributed by atoms with Gasteiger partial charge >= 0.3 is 0 Å². The van der Waals surface area contributed by atoms with E-state index in [9.17, 15) is 0 Å². The highest BCUT2D eigenvalue weighted by Gasteiger charge is 2.36. The Bertz CT molecular complexity index is 278. The van der Waals surface area contributed by atoms with Crippen LogP contribution in [0.5, 0.6) is 0 Å². The maximum Gasteiger partial charge on any atom is 0.0597 e. The first kappa shape index (κ1) is 18.3. The van der Waals surface area contributed by atoms with Crippen molar-refractivity contribution in [1.29, 1.82) is 0 Å². The summed E-state index contributed by atoms with van der Waals surface area (Å²) in [7, 11) is 0. The van der Waals surface area contributed by atoms with Crippen molar-refractivity contribution in [1.82, 2.24) is 4.90 Å². The Morgan fingerprint density at radius 1 is 0.864 bits per heavy atom. The first-order valence-corrected chi connectivity index (χ1v) is 10.1. The minimum atomic E-state index is 0.546. The van der Waals surface area contributed by atoms with Gasteiger partial charge in [0, 0.05) is 6.54 Å². The zero-order chi connectivity index (χ0) is 15.8. The molecule has 22 heavy (non-hydrogen) atoms. The molecule has 2 fully saturated rings. The highest BCUT2D eigenvalue weighted by atomic mass is 16.5. The molecule has 0 aromatic heterocycles. The van der Waals surface area contributed by atoms with E-state index in [1.54, 1.807) is 0 Å². The molecule has 0 spiro atoms. The topological polar surface area (TPSA) is 12.5 Å². The number of piperidine rings is 1. The Balaban J connectivity index is 1.66. The van der Waals surface area contributed by atoms with Crippen LogP contribution in [-0.2, 0) is 4.74 Å². The van der Waals surface area contributed by atoms with E-state index >= 15 is 0 Å². The second-order valence-corrected chi connectivity index (χ2v) is 7.67. The molecule has 1 aliphatic heterocycles. The van der Waals surface area contributed by atoms with Crippen LogP contribution in [0.4, 0.5) is 0 Å². The Morgan fingerprint density at radius 2 is 1.45 bits per heavy atom. The molecule has 1 heterocycles. The van der Waals surface area contributed by atoms with Crippen LogP contribution in [-0.4, -0.2) is 37.2 Å². The molecule has 0 radical (unpaired) electrons. The average molecular weight is 310 g/mol. The van der Waals surface area contributed by atoms with Gasteiger partial charge in [-0.05, 0) is 62.9 Å². The molecule has 1 saturated heterocycles. The minimum Gasteiger partial charge on any atom is -0.377 e. The standard InChI is InChI=1S/C20H39NO/c1-4-20(5-2,6-3)18-10-12-19(13-11-18)22-17-16-21-14-8-7-9-15-21/h18-19H,4-17H2,1-3H3. The summed E-state index contributed by atoms with van der Waals surface area (Å²) in [6, 6.07) is 0. The van der Waals surface area contributed by atoms with Crippen LogP contribution in [0.25, 0.3) is 0 Å². The summed E-state index contributed by atoms with van der Waals surface area (Å²) in [5.41, 5.74) is 0.610. The second-order valence-electron chi connectivity index (χ2n) is 7.67. The molecule has 0 bridgehead atoms. The Morgan fingerprint density at radius 3 is 2.00 bits per heavy atom.